The molecule has 0 aromatic heterocycles. The minimum Gasteiger partial charge on any atom is -0.507 e. The summed E-state index contributed by atoms with van der Waals surface area (Å²) in [6.07, 6.45) is 1.68. The zero-order chi connectivity index (χ0) is 22.7. The van der Waals surface area contributed by atoms with Gasteiger partial charge < -0.3 is 14.7 Å². The molecule has 1 unspecified atom stereocenters. The first-order chi connectivity index (χ1) is 14.8. The molecule has 3 rings (SSSR count). The van der Waals surface area contributed by atoms with Gasteiger partial charge in [0.15, 0.2) is 0 Å². The highest BCUT2D eigenvalue weighted by atomic mass is 16.5. The maximum atomic E-state index is 13.1. The van der Waals surface area contributed by atoms with Gasteiger partial charge in [-0.15, -0.1) is 0 Å². The third kappa shape index (κ3) is 4.36. The number of amides is 1. The van der Waals surface area contributed by atoms with E-state index in [4.69, 9.17) is 4.74 Å². The molecule has 1 saturated heterocycles. The molecule has 5 nitrogen and oxygen atoms in total. The van der Waals surface area contributed by atoms with Gasteiger partial charge in [-0.1, -0.05) is 63.1 Å². The van der Waals surface area contributed by atoms with Gasteiger partial charge in [0.05, 0.1) is 24.3 Å². The number of likely N-dealkylation sites (tertiary alicyclic amines) is 1. The molecule has 1 heterocycles. The summed E-state index contributed by atoms with van der Waals surface area (Å²) >= 11 is 0. The van der Waals surface area contributed by atoms with Crippen LogP contribution in [0, 0.1) is 6.92 Å². The number of methoxy groups -OCH3 is 1. The van der Waals surface area contributed by atoms with Gasteiger partial charge in [-0.25, -0.2) is 0 Å². The van der Waals surface area contributed by atoms with E-state index in [-0.39, 0.29) is 11.3 Å². The van der Waals surface area contributed by atoms with Crippen molar-refractivity contribution in [1.82, 2.24) is 4.90 Å². The lowest BCUT2D eigenvalue weighted by Crippen LogP contribution is -2.30. The number of carbonyl (C=O) groups is 2. The zero-order valence-electron chi connectivity index (χ0n) is 18.9. The lowest BCUT2D eigenvalue weighted by molar-refractivity contribution is -0.139. The molecule has 5 heteroatoms. The van der Waals surface area contributed by atoms with Gasteiger partial charge in [0.1, 0.15) is 11.5 Å². The first-order valence-electron chi connectivity index (χ1n) is 10.8. The summed E-state index contributed by atoms with van der Waals surface area (Å²) in [6.45, 7) is 8.64. The third-order valence-electron chi connectivity index (χ3n) is 5.82. The summed E-state index contributed by atoms with van der Waals surface area (Å²) in [4.78, 5) is 27.6. The van der Waals surface area contributed by atoms with E-state index >= 15 is 0 Å². The molecule has 164 valence electrons. The van der Waals surface area contributed by atoms with Crippen LogP contribution in [0.4, 0.5) is 0 Å². The van der Waals surface area contributed by atoms with Gasteiger partial charge in [-0.3, -0.25) is 9.59 Å². The van der Waals surface area contributed by atoms with E-state index in [2.05, 4.69) is 13.8 Å². The monoisotopic (exact) mass is 421 g/mol. The number of ether oxygens (including phenoxy) is 1. The fraction of sp³-hybridized carbons (Fsp3) is 0.385. The molecule has 0 bridgehead atoms. The van der Waals surface area contributed by atoms with Crippen LogP contribution < -0.4 is 4.74 Å². The second-order valence-electron chi connectivity index (χ2n) is 8.37. The Kier molecular flexibility index (Phi) is 6.84. The topological polar surface area (TPSA) is 66.8 Å². The predicted molar refractivity (Wildman–Crippen MR) is 122 cm³/mol. The van der Waals surface area contributed by atoms with E-state index in [0.29, 0.717) is 23.8 Å². The summed E-state index contributed by atoms with van der Waals surface area (Å²) in [5.74, 6) is -0.598. The van der Waals surface area contributed by atoms with E-state index in [1.54, 1.807) is 17.0 Å². The molecular weight excluding hydrogens is 390 g/mol. The molecule has 0 saturated carbocycles. The lowest BCUT2D eigenvalue weighted by Gasteiger charge is -2.25. The summed E-state index contributed by atoms with van der Waals surface area (Å²) in [6, 6.07) is 12.7. The smallest absolute Gasteiger partial charge is 0.295 e. The van der Waals surface area contributed by atoms with E-state index in [1.165, 1.54) is 12.7 Å². The Labute approximate surface area is 184 Å². The van der Waals surface area contributed by atoms with Gasteiger partial charge in [0, 0.05) is 6.54 Å². The number of rotatable bonds is 7. The molecular formula is C26H31NO4. The Bertz CT molecular complexity index is 1000. The second kappa shape index (κ2) is 9.38. The molecule has 1 atom stereocenters. The number of ketones is 1. The van der Waals surface area contributed by atoms with Crippen LogP contribution in [0.25, 0.3) is 5.76 Å². The van der Waals surface area contributed by atoms with Crippen LogP contribution in [-0.4, -0.2) is 35.4 Å². The Balaban J connectivity index is 2.20. The highest BCUT2D eigenvalue weighted by Crippen LogP contribution is 2.41. The molecule has 2 aromatic carbocycles. The van der Waals surface area contributed by atoms with Gasteiger partial charge in [-0.2, -0.15) is 0 Å². The van der Waals surface area contributed by atoms with Crippen LogP contribution in [0.1, 0.15) is 67.8 Å². The van der Waals surface area contributed by atoms with Crippen molar-refractivity contribution in [3.63, 3.8) is 0 Å². The number of carbonyl (C=O) groups excluding carboxylic acids is 2. The number of hydrogen-bond acceptors (Lipinski definition) is 4. The second-order valence-corrected chi connectivity index (χ2v) is 8.37. The highest BCUT2D eigenvalue weighted by Gasteiger charge is 2.46. The normalized spacial score (nSPS) is 18.1. The van der Waals surface area contributed by atoms with Crippen molar-refractivity contribution in [2.45, 2.75) is 52.5 Å². The van der Waals surface area contributed by atoms with Crippen LogP contribution >= 0.6 is 0 Å². The average molecular weight is 422 g/mol. The third-order valence-corrected chi connectivity index (χ3v) is 5.82. The van der Waals surface area contributed by atoms with E-state index in [0.717, 1.165) is 24.0 Å². The van der Waals surface area contributed by atoms with Crippen molar-refractivity contribution in [2.75, 3.05) is 13.7 Å². The molecule has 31 heavy (non-hydrogen) atoms. The number of nitrogens with zero attached hydrogens (tertiary/aromatic N) is 1. The number of unbranched alkanes of at least 4 members (excludes halogenated alkanes) is 1. The van der Waals surface area contributed by atoms with Gasteiger partial charge in [-0.05, 0) is 42.5 Å². The Morgan fingerprint density at radius 2 is 1.81 bits per heavy atom. The van der Waals surface area contributed by atoms with E-state index in [9.17, 15) is 14.7 Å². The van der Waals surface area contributed by atoms with Gasteiger partial charge in [0.2, 0.25) is 0 Å². The van der Waals surface area contributed by atoms with Gasteiger partial charge in [0.25, 0.3) is 11.7 Å². The zero-order valence-corrected chi connectivity index (χ0v) is 18.9. The molecule has 1 aliphatic rings. The van der Waals surface area contributed by atoms with E-state index < -0.39 is 17.7 Å². The number of aliphatic hydroxyl groups is 1. The fourth-order valence-electron chi connectivity index (χ4n) is 4.00. The fourth-order valence-corrected chi connectivity index (χ4v) is 4.00. The number of benzene rings is 2. The largest absolute Gasteiger partial charge is 0.507 e. The number of Topliss-reactive ketones (excluding diaryl/α,β-unsaturated/α-hetero) is 1. The summed E-state index contributed by atoms with van der Waals surface area (Å²) in [5, 5.41) is 11.3. The summed E-state index contributed by atoms with van der Waals surface area (Å²) in [5.41, 5.74) is 3.44. The average Bonchev–Trinajstić information content (AvgIpc) is 3.01. The molecule has 0 radical (unpaired) electrons. The minimum absolute atomic E-state index is 0.113. The van der Waals surface area contributed by atoms with E-state index in [1.807, 2.05) is 44.2 Å². The van der Waals surface area contributed by atoms with Crippen molar-refractivity contribution in [3.05, 3.63) is 70.3 Å². The molecule has 1 fully saturated rings. The van der Waals surface area contributed by atoms with Gasteiger partial charge >= 0.3 is 0 Å². The van der Waals surface area contributed by atoms with Crippen molar-refractivity contribution in [2.24, 2.45) is 0 Å². The first kappa shape index (κ1) is 22.6. The standard InChI is InChI=1S/C26H31NO4/c1-6-7-14-27-23(19-11-9-18(10-12-19)16(2)3)22(25(29)26(27)30)24(28)20-15-17(4)8-13-21(20)31-5/h8-13,15-16,23,28H,6-7,14H2,1-5H3/b24-22+. The Hall–Kier alpha value is -3.08. The SMILES string of the molecule is CCCCN1C(=O)C(=O)/C(=C(/O)c2cc(C)ccc2OC)C1c1ccc(C(C)C)cc1. The molecule has 2 aromatic rings. The number of aliphatic hydroxyl groups excluding tert-OH is 1. The molecule has 0 aliphatic carbocycles. The summed E-state index contributed by atoms with van der Waals surface area (Å²) < 4.78 is 5.41. The predicted octanol–water partition coefficient (Wildman–Crippen LogP) is 5.35. The number of hydrogen-bond donors (Lipinski definition) is 1. The van der Waals surface area contributed by atoms with Crippen molar-refractivity contribution < 1.29 is 19.4 Å². The highest BCUT2D eigenvalue weighted by molar-refractivity contribution is 6.46. The van der Waals surface area contributed by atoms with Crippen molar-refractivity contribution >= 4 is 17.4 Å². The maximum Gasteiger partial charge on any atom is 0.295 e. The molecule has 1 amide bonds. The van der Waals surface area contributed by atoms with Crippen LogP contribution in [0.15, 0.2) is 48.0 Å². The van der Waals surface area contributed by atoms with Crippen LogP contribution in [0.5, 0.6) is 5.75 Å². The van der Waals surface area contributed by atoms with Crippen LogP contribution in [-0.2, 0) is 9.59 Å². The lowest BCUT2D eigenvalue weighted by atomic mass is 9.92. The Morgan fingerprint density at radius 1 is 1.13 bits per heavy atom. The van der Waals surface area contributed by atoms with Crippen LogP contribution in [0.3, 0.4) is 0 Å². The first-order valence-corrected chi connectivity index (χ1v) is 10.8. The molecule has 0 spiro atoms. The maximum absolute atomic E-state index is 13.1. The minimum atomic E-state index is -0.657. The quantitative estimate of drug-likeness (QED) is 0.372. The Morgan fingerprint density at radius 3 is 2.39 bits per heavy atom. The molecule has 1 N–H and O–H groups in total. The number of aryl methyl sites for hydroxylation is 1. The van der Waals surface area contributed by atoms with Crippen molar-refractivity contribution in [3.8, 4) is 5.75 Å². The summed E-state index contributed by atoms with van der Waals surface area (Å²) in [7, 11) is 1.52. The van der Waals surface area contributed by atoms with Crippen LogP contribution in [0.2, 0.25) is 0 Å². The van der Waals surface area contributed by atoms with Crippen molar-refractivity contribution in [1.29, 1.82) is 0 Å². The molecule has 1 aliphatic heterocycles.